The van der Waals surface area contributed by atoms with Gasteiger partial charge in [-0.25, -0.2) is 0 Å². The van der Waals surface area contributed by atoms with Gasteiger partial charge < -0.3 is 33.2 Å². The molecule has 0 bridgehead atoms. The molecule has 0 unspecified atom stereocenters. The molecular weight excluding hydrogens is 424 g/mol. The second-order valence-electron chi connectivity index (χ2n) is 10.2. The summed E-state index contributed by atoms with van der Waals surface area (Å²) in [5.74, 6) is -2.89. The fourth-order valence-corrected chi connectivity index (χ4v) is 4.90. The zero-order valence-electron chi connectivity index (χ0n) is 21.8. The Bertz CT molecular complexity index is 651. The Morgan fingerprint density at radius 2 is 1.39 bits per heavy atom. The van der Waals surface area contributed by atoms with Gasteiger partial charge in [0.15, 0.2) is 5.79 Å². The summed E-state index contributed by atoms with van der Waals surface area (Å²) in [6.45, 7) is 10.9. The highest BCUT2D eigenvalue weighted by Gasteiger charge is 2.62. The molecule has 0 radical (unpaired) electrons. The predicted octanol–water partition coefficient (Wildman–Crippen LogP) is 5.11. The normalized spacial score (nSPS) is 37.8. The van der Waals surface area contributed by atoms with Gasteiger partial charge in [0.05, 0.1) is 6.61 Å². The van der Waals surface area contributed by atoms with Crippen molar-refractivity contribution in [1.29, 1.82) is 0 Å². The molecule has 33 heavy (non-hydrogen) atoms. The number of hydrogen-bond donors (Lipinski definition) is 0. The van der Waals surface area contributed by atoms with Crippen molar-refractivity contribution in [3.8, 4) is 0 Å². The molecule has 192 valence electrons. The van der Waals surface area contributed by atoms with Gasteiger partial charge in [0.1, 0.15) is 24.4 Å². The number of unbranched alkanes of at least 4 members (excludes halogenated alkanes) is 7. The van der Waals surface area contributed by atoms with Crippen LogP contribution in [0.5, 0.6) is 0 Å². The summed E-state index contributed by atoms with van der Waals surface area (Å²) in [6.07, 6.45) is 10.9. The lowest BCUT2D eigenvalue weighted by Gasteiger charge is -2.57. The molecule has 1 aliphatic carbocycles. The highest BCUT2D eigenvalue weighted by Crippen LogP contribution is 2.46. The standard InChI is InChI=1S/C26H46O7/c1-8-9-10-11-12-13-14-15-16-29-20-17-19-18-30-24(2,3)31-21(19)23-22(20)32-25(4,27-6)26(5,28-7)33-23/h17,20-23H,8-16,18H2,1-7H3/t20-,21+,22-,23-,25+,26+/m0/s1. The maximum atomic E-state index is 6.54. The number of fused-ring (bicyclic) bond motifs is 3. The van der Waals surface area contributed by atoms with E-state index in [1.54, 1.807) is 14.2 Å². The van der Waals surface area contributed by atoms with E-state index in [0.29, 0.717) is 13.2 Å². The molecule has 7 heteroatoms. The zero-order valence-corrected chi connectivity index (χ0v) is 21.8. The summed E-state index contributed by atoms with van der Waals surface area (Å²) in [7, 11) is 3.21. The van der Waals surface area contributed by atoms with Crippen LogP contribution in [0, 0.1) is 0 Å². The van der Waals surface area contributed by atoms with Crippen molar-refractivity contribution in [2.24, 2.45) is 0 Å². The van der Waals surface area contributed by atoms with Crippen LogP contribution in [0.15, 0.2) is 11.6 Å². The lowest BCUT2D eigenvalue weighted by Crippen LogP contribution is -2.71. The van der Waals surface area contributed by atoms with Crippen molar-refractivity contribution in [3.05, 3.63) is 11.6 Å². The smallest absolute Gasteiger partial charge is 0.220 e. The van der Waals surface area contributed by atoms with Gasteiger partial charge >= 0.3 is 0 Å². The van der Waals surface area contributed by atoms with Crippen LogP contribution in [0.25, 0.3) is 0 Å². The molecule has 0 aromatic rings. The Labute approximate surface area is 200 Å². The average Bonchev–Trinajstić information content (AvgIpc) is 2.79. The minimum atomic E-state index is -1.10. The van der Waals surface area contributed by atoms with Gasteiger partial charge in [-0.1, -0.05) is 51.9 Å². The summed E-state index contributed by atoms with van der Waals surface area (Å²) >= 11 is 0. The first-order valence-corrected chi connectivity index (χ1v) is 12.8. The van der Waals surface area contributed by atoms with E-state index >= 15 is 0 Å². The first-order valence-electron chi connectivity index (χ1n) is 12.8. The minimum Gasteiger partial charge on any atom is -0.371 e. The molecule has 2 heterocycles. The monoisotopic (exact) mass is 470 g/mol. The zero-order chi connectivity index (χ0) is 24.1. The lowest BCUT2D eigenvalue weighted by molar-refractivity contribution is -0.465. The fraction of sp³-hybridized carbons (Fsp3) is 0.923. The van der Waals surface area contributed by atoms with Crippen molar-refractivity contribution < 1.29 is 33.2 Å². The van der Waals surface area contributed by atoms with E-state index in [2.05, 4.69) is 13.0 Å². The Kier molecular flexibility index (Phi) is 9.40. The predicted molar refractivity (Wildman–Crippen MR) is 126 cm³/mol. The van der Waals surface area contributed by atoms with E-state index in [1.165, 1.54) is 44.9 Å². The molecule has 0 spiro atoms. The molecule has 0 aromatic heterocycles. The summed E-state index contributed by atoms with van der Waals surface area (Å²) in [5, 5.41) is 0. The molecule has 7 nitrogen and oxygen atoms in total. The van der Waals surface area contributed by atoms with Crippen LogP contribution >= 0.6 is 0 Å². The van der Waals surface area contributed by atoms with Crippen LogP contribution in [0.4, 0.5) is 0 Å². The Balaban J connectivity index is 1.65. The second-order valence-corrected chi connectivity index (χ2v) is 10.2. The van der Waals surface area contributed by atoms with Gasteiger partial charge in [-0.15, -0.1) is 0 Å². The van der Waals surface area contributed by atoms with Crippen molar-refractivity contribution in [2.75, 3.05) is 27.4 Å². The minimum absolute atomic E-state index is 0.268. The third kappa shape index (κ3) is 6.18. The quantitative estimate of drug-likeness (QED) is 0.290. The summed E-state index contributed by atoms with van der Waals surface area (Å²) in [6, 6.07) is 0. The van der Waals surface area contributed by atoms with Crippen LogP contribution in [-0.4, -0.2) is 69.2 Å². The molecule has 0 amide bonds. The number of rotatable bonds is 12. The van der Waals surface area contributed by atoms with E-state index in [9.17, 15) is 0 Å². The third-order valence-electron chi connectivity index (χ3n) is 7.32. The second kappa shape index (κ2) is 11.5. The highest BCUT2D eigenvalue weighted by atomic mass is 16.8. The highest BCUT2D eigenvalue weighted by molar-refractivity contribution is 5.24. The number of hydrogen-bond acceptors (Lipinski definition) is 7. The summed E-state index contributed by atoms with van der Waals surface area (Å²) in [5.41, 5.74) is 1.03. The van der Waals surface area contributed by atoms with Gasteiger partial charge in [-0.3, -0.25) is 0 Å². The first-order chi connectivity index (χ1) is 15.7. The van der Waals surface area contributed by atoms with Gasteiger partial charge in [-0.2, -0.15) is 0 Å². The Hall–Kier alpha value is -0.540. The fourth-order valence-electron chi connectivity index (χ4n) is 4.90. The molecule has 2 fully saturated rings. The van der Waals surface area contributed by atoms with Gasteiger partial charge in [-0.05, 0) is 45.8 Å². The molecular formula is C26H46O7. The van der Waals surface area contributed by atoms with Crippen molar-refractivity contribution in [3.63, 3.8) is 0 Å². The van der Waals surface area contributed by atoms with Crippen molar-refractivity contribution in [1.82, 2.24) is 0 Å². The molecule has 3 aliphatic rings. The van der Waals surface area contributed by atoms with E-state index in [0.717, 1.165) is 12.0 Å². The molecule has 0 N–H and O–H groups in total. The topological polar surface area (TPSA) is 64.6 Å². The van der Waals surface area contributed by atoms with E-state index < -0.39 is 23.5 Å². The van der Waals surface area contributed by atoms with Crippen LogP contribution in [0.3, 0.4) is 0 Å². The maximum absolute atomic E-state index is 6.54. The molecule has 6 atom stereocenters. The lowest BCUT2D eigenvalue weighted by atomic mass is 9.86. The maximum Gasteiger partial charge on any atom is 0.220 e. The Morgan fingerprint density at radius 3 is 2.00 bits per heavy atom. The van der Waals surface area contributed by atoms with E-state index in [4.69, 9.17) is 33.2 Å². The van der Waals surface area contributed by atoms with Gasteiger partial charge in [0, 0.05) is 20.8 Å². The van der Waals surface area contributed by atoms with Crippen LogP contribution in [-0.2, 0) is 33.2 Å². The van der Waals surface area contributed by atoms with E-state index in [-0.39, 0.29) is 18.3 Å². The Morgan fingerprint density at radius 1 is 0.818 bits per heavy atom. The van der Waals surface area contributed by atoms with Crippen LogP contribution in [0.1, 0.15) is 86.0 Å². The molecule has 0 saturated carbocycles. The van der Waals surface area contributed by atoms with Crippen molar-refractivity contribution in [2.45, 2.75) is 128 Å². The number of methoxy groups -OCH3 is 2. The summed E-state index contributed by atoms with van der Waals surface area (Å²) in [4.78, 5) is 0. The van der Waals surface area contributed by atoms with Gasteiger partial charge in [0.25, 0.3) is 0 Å². The van der Waals surface area contributed by atoms with E-state index in [1.807, 2.05) is 27.7 Å². The molecule has 3 rings (SSSR count). The van der Waals surface area contributed by atoms with Crippen LogP contribution in [0.2, 0.25) is 0 Å². The SMILES string of the molecule is CCCCCCCCCCO[C@H]1C=C2COC(C)(C)O[C@H]2[C@@H]2O[C@@](C)(OC)[C@](C)(OC)O[C@H]21. The van der Waals surface area contributed by atoms with Gasteiger partial charge in [0.2, 0.25) is 11.6 Å². The largest absolute Gasteiger partial charge is 0.371 e. The van der Waals surface area contributed by atoms with Crippen LogP contribution < -0.4 is 0 Å². The molecule has 0 aromatic carbocycles. The first kappa shape index (κ1) is 27.1. The molecule has 2 saturated heterocycles. The van der Waals surface area contributed by atoms with Crippen molar-refractivity contribution >= 4 is 0 Å². The summed E-state index contributed by atoms with van der Waals surface area (Å²) < 4.78 is 43.1. The number of ether oxygens (including phenoxy) is 7. The third-order valence-corrected chi connectivity index (χ3v) is 7.32. The average molecular weight is 471 g/mol. The molecule has 2 aliphatic heterocycles.